The zero-order chi connectivity index (χ0) is 43.6. The van der Waals surface area contributed by atoms with E-state index < -0.39 is 43.4 Å². The van der Waals surface area contributed by atoms with Gasteiger partial charge in [-0.1, -0.05) is 186 Å². The molecule has 1 aliphatic rings. The van der Waals surface area contributed by atoms with E-state index in [1.165, 1.54) is 167 Å². The van der Waals surface area contributed by atoms with E-state index in [0.29, 0.717) is 13.0 Å². The summed E-state index contributed by atoms with van der Waals surface area (Å²) >= 11 is 0. The first kappa shape index (κ1) is 56.7. The Morgan fingerprint density at radius 3 is 1.35 bits per heavy atom. The van der Waals surface area contributed by atoms with Crippen LogP contribution in [0.2, 0.25) is 0 Å². The van der Waals surface area contributed by atoms with Crippen molar-refractivity contribution in [2.24, 2.45) is 0 Å². The molecule has 0 aliphatic carbocycles. The van der Waals surface area contributed by atoms with Crippen LogP contribution in [0, 0.1) is 0 Å². The van der Waals surface area contributed by atoms with Gasteiger partial charge < -0.3 is 39.4 Å². The molecule has 6 atom stereocenters. The summed E-state index contributed by atoms with van der Waals surface area (Å²) in [7, 11) is 0. The molecule has 0 aromatic rings. The number of esters is 1. The molecule has 0 spiro atoms. The molecular formula is C51H96O9. The number of aliphatic hydroxyl groups excluding tert-OH is 4. The van der Waals surface area contributed by atoms with Crippen molar-refractivity contribution in [3.8, 4) is 0 Å². The highest BCUT2D eigenvalue weighted by atomic mass is 16.7. The molecule has 1 heterocycles. The van der Waals surface area contributed by atoms with Gasteiger partial charge in [-0.2, -0.15) is 0 Å². The number of aliphatic hydroxyl groups is 4. The van der Waals surface area contributed by atoms with Crippen molar-refractivity contribution < 1.29 is 44.2 Å². The van der Waals surface area contributed by atoms with Crippen molar-refractivity contribution in [2.75, 3.05) is 26.4 Å². The molecule has 1 aliphatic heterocycles. The van der Waals surface area contributed by atoms with Crippen molar-refractivity contribution in [2.45, 2.75) is 269 Å². The maximum Gasteiger partial charge on any atom is 0.306 e. The minimum atomic E-state index is -1.54. The van der Waals surface area contributed by atoms with E-state index in [0.717, 1.165) is 44.9 Å². The zero-order valence-electron chi connectivity index (χ0n) is 39.0. The van der Waals surface area contributed by atoms with E-state index in [1.807, 2.05) is 0 Å². The number of hydrogen-bond donors (Lipinski definition) is 4. The van der Waals surface area contributed by atoms with Crippen LogP contribution in [0.1, 0.15) is 232 Å². The summed E-state index contributed by atoms with van der Waals surface area (Å²) in [6.07, 6.45) is 43.5. The molecule has 0 aromatic carbocycles. The highest BCUT2D eigenvalue weighted by Crippen LogP contribution is 2.23. The zero-order valence-corrected chi connectivity index (χ0v) is 39.0. The van der Waals surface area contributed by atoms with E-state index in [4.69, 9.17) is 18.9 Å². The third-order valence-electron chi connectivity index (χ3n) is 11.8. The summed E-state index contributed by atoms with van der Waals surface area (Å²) in [4.78, 5) is 12.8. The fraction of sp³-hybridized carbons (Fsp3) is 0.902. The molecule has 4 N–H and O–H groups in total. The quantitative estimate of drug-likeness (QED) is 0.0268. The molecule has 0 bridgehead atoms. The molecule has 0 amide bonds. The maximum absolute atomic E-state index is 12.8. The second-order valence-corrected chi connectivity index (χ2v) is 17.6. The smallest absolute Gasteiger partial charge is 0.306 e. The van der Waals surface area contributed by atoms with Gasteiger partial charge in [-0.05, 0) is 64.2 Å². The lowest BCUT2D eigenvalue weighted by atomic mass is 9.99. The van der Waals surface area contributed by atoms with Gasteiger partial charge in [-0.25, -0.2) is 0 Å². The fourth-order valence-electron chi connectivity index (χ4n) is 7.84. The lowest BCUT2D eigenvalue weighted by Gasteiger charge is -2.39. The van der Waals surface area contributed by atoms with Gasteiger partial charge in [0.25, 0.3) is 0 Å². The minimum Gasteiger partial charge on any atom is -0.457 e. The van der Waals surface area contributed by atoms with E-state index >= 15 is 0 Å². The van der Waals surface area contributed by atoms with Gasteiger partial charge in [-0.3, -0.25) is 4.79 Å². The third-order valence-corrected chi connectivity index (χ3v) is 11.8. The van der Waals surface area contributed by atoms with Gasteiger partial charge in [0.05, 0.1) is 19.8 Å². The summed E-state index contributed by atoms with van der Waals surface area (Å²) < 4.78 is 22.9. The van der Waals surface area contributed by atoms with Crippen molar-refractivity contribution in [1.29, 1.82) is 0 Å². The Morgan fingerprint density at radius 1 is 0.517 bits per heavy atom. The van der Waals surface area contributed by atoms with E-state index in [-0.39, 0.29) is 19.2 Å². The number of carbonyl (C=O) groups excluding carboxylic acids is 1. The van der Waals surface area contributed by atoms with Gasteiger partial charge in [0.1, 0.15) is 30.5 Å². The first-order valence-electron chi connectivity index (χ1n) is 25.4. The van der Waals surface area contributed by atoms with E-state index in [1.54, 1.807) is 0 Å². The Bertz CT molecular complexity index is 972. The predicted octanol–water partition coefficient (Wildman–Crippen LogP) is 12.1. The van der Waals surface area contributed by atoms with Gasteiger partial charge in [0.2, 0.25) is 0 Å². The summed E-state index contributed by atoms with van der Waals surface area (Å²) in [6.45, 7) is 4.57. The van der Waals surface area contributed by atoms with Crippen molar-refractivity contribution >= 4 is 5.97 Å². The van der Waals surface area contributed by atoms with Gasteiger partial charge in [0.15, 0.2) is 6.29 Å². The summed E-state index contributed by atoms with van der Waals surface area (Å²) in [5, 5.41) is 40.2. The molecule has 1 rings (SSSR count). The Morgan fingerprint density at radius 2 is 0.917 bits per heavy atom. The lowest BCUT2D eigenvalue weighted by Crippen LogP contribution is -2.59. The molecule has 60 heavy (non-hydrogen) atoms. The highest BCUT2D eigenvalue weighted by molar-refractivity contribution is 5.69. The third kappa shape index (κ3) is 33.3. The van der Waals surface area contributed by atoms with Crippen LogP contribution in [0.15, 0.2) is 24.3 Å². The fourth-order valence-corrected chi connectivity index (χ4v) is 7.84. The minimum absolute atomic E-state index is 0.114. The second kappa shape index (κ2) is 42.9. The van der Waals surface area contributed by atoms with Crippen LogP contribution in [-0.2, 0) is 23.7 Å². The SMILES string of the molecule is CCCCCCCC/C=C\CCCCCCCC(=O)OC(COCCCCCCCCCCCC/C=C\CCCCCCCCCC)COC1OC(CO)C(O)C(O)C1O. The Labute approximate surface area is 368 Å². The van der Waals surface area contributed by atoms with Gasteiger partial charge in [0, 0.05) is 13.0 Å². The average molecular weight is 853 g/mol. The van der Waals surface area contributed by atoms with Crippen LogP contribution >= 0.6 is 0 Å². The largest absolute Gasteiger partial charge is 0.457 e. The van der Waals surface area contributed by atoms with Crippen molar-refractivity contribution in [3.05, 3.63) is 24.3 Å². The van der Waals surface area contributed by atoms with Gasteiger partial charge in [-0.15, -0.1) is 0 Å². The second-order valence-electron chi connectivity index (χ2n) is 17.6. The first-order chi connectivity index (χ1) is 29.4. The Hall–Kier alpha value is -1.33. The monoisotopic (exact) mass is 853 g/mol. The molecule has 1 fully saturated rings. The predicted molar refractivity (Wildman–Crippen MR) is 247 cm³/mol. The number of hydrogen-bond acceptors (Lipinski definition) is 9. The molecule has 354 valence electrons. The average Bonchev–Trinajstić information content (AvgIpc) is 3.25. The Kier molecular flexibility index (Phi) is 40.6. The number of carbonyl (C=O) groups is 1. The topological polar surface area (TPSA) is 135 Å². The number of rotatable bonds is 44. The molecule has 6 unspecified atom stereocenters. The molecule has 9 heteroatoms. The van der Waals surface area contributed by atoms with Gasteiger partial charge >= 0.3 is 5.97 Å². The molecule has 0 radical (unpaired) electrons. The highest BCUT2D eigenvalue weighted by Gasteiger charge is 2.44. The number of unbranched alkanes of at least 4 members (excludes halogenated alkanes) is 29. The van der Waals surface area contributed by atoms with Crippen LogP contribution in [0.25, 0.3) is 0 Å². The lowest BCUT2D eigenvalue weighted by molar-refractivity contribution is -0.305. The molecule has 1 saturated heterocycles. The Balaban J connectivity index is 2.19. The van der Waals surface area contributed by atoms with Crippen LogP contribution in [-0.4, -0.2) is 89.6 Å². The standard InChI is InChI=1S/C51H96O9/c1-3-5-7-9-11-13-15-17-19-20-21-22-23-24-25-27-29-31-33-35-37-39-41-57-43-45(44-58-51-50(56)49(55)48(54)46(42-52)60-51)59-47(53)40-38-36-34-32-30-28-26-18-16-14-12-10-8-6-4-2/h18,20-21,26,45-46,48-52,54-56H,3-17,19,22-25,27-44H2,1-2H3/b21-20-,26-18-. The van der Waals surface area contributed by atoms with Crippen LogP contribution in [0.3, 0.4) is 0 Å². The molecule has 9 nitrogen and oxygen atoms in total. The first-order valence-corrected chi connectivity index (χ1v) is 25.4. The van der Waals surface area contributed by atoms with Crippen LogP contribution in [0.4, 0.5) is 0 Å². The summed E-state index contributed by atoms with van der Waals surface area (Å²) in [6, 6.07) is 0. The van der Waals surface area contributed by atoms with E-state index in [9.17, 15) is 25.2 Å². The van der Waals surface area contributed by atoms with Crippen LogP contribution < -0.4 is 0 Å². The summed E-state index contributed by atoms with van der Waals surface area (Å²) in [5.41, 5.74) is 0. The summed E-state index contributed by atoms with van der Waals surface area (Å²) in [5.74, 6) is -0.320. The van der Waals surface area contributed by atoms with Crippen molar-refractivity contribution in [1.82, 2.24) is 0 Å². The number of allylic oxidation sites excluding steroid dienone is 4. The molecular weight excluding hydrogens is 757 g/mol. The maximum atomic E-state index is 12.8. The molecule has 0 aromatic heterocycles. The van der Waals surface area contributed by atoms with Crippen molar-refractivity contribution in [3.63, 3.8) is 0 Å². The molecule has 0 saturated carbocycles. The normalized spacial score (nSPS) is 20.1. The van der Waals surface area contributed by atoms with Crippen LogP contribution in [0.5, 0.6) is 0 Å². The van der Waals surface area contributed by atoms with E-state index in [2.05, 4.69) is 38.2 Å². The number of ether oxygens (including phenoxy) is 4.